The van der Waals surface area contributed by atoms with Gasteiger partial charge in [-0.05, 0) is 25.5 Å². The first-order valence-electron chi connectivity index (χ1n) is 4.39. The van der Waals surface area contributed by atoms with Crippen LogP contribution in [0.1, 0.15) is 21.6 Å². The van der Waals surface area contributed by atoms with E-state index in [9.17, 15) is 4.79 Å². The molecule has 76 valence electrons. The smallest absolute Gasteiger partial charge is 0.257 e. The van der Waals surface area contributed by atoms with Gasteiger partial charge in [-0.25, -0.2) is 4.98 Å². The van der Waals surface area contributed by atoms with Gasteiger partial charge in [-0.1, -0.05) is 0 Å². The summed E-state index contributed by atoms with van der Waals surface area (Å²) in [6.45, 7) is 3.72. The minimum atomic E-state index is -0.104. The third-order valence-corrected chi connectivity index (χ3v) is 1.99. The second-order valence-corrected chi connectivity index (χ2v) is 3.54. The van der Waals surface area contributed by atoms with Crippen molar-refractivity contribution in [1.29, 1.82) is 0 Å². The Morgan fingerprint density at radius 3 is 2.43 bits per heavy atom. The Morgan fingerprint density at radius 1 is 1.43 bits per heavy atom. The Bertz CT molecular complexity index is 349. The highest BCUT2D eigenvalue weighted by atomic mass is 16.2. The van der Waals surface area contributed by atoms with Crippen LogP contribution >= 0.6 is 0 Å². The molecule has 0 aromatic carbocycles. The third-order valence-electron chi connectivity index (χ3n) is 1.99. The summed E-state index contributed by atoms with van der Waals surface area (Å²) < 4.78 is 0. The van der Waals surface area contributed by atoms with Crippen LogP contribution in [0.3, 0.4) is 0 Å². The molecule has 4 heteroatoms. The summed E-state index contributed by atoms with van der Waals surface area (Å²) in [6, 6.07) is 1.85. The van der Waals surface area contributed by atoms with Gasteiger partial charge in [0.2, 0.25) is 0 Å². The van der Waals surface area contributed by atoms with Crippen molar-refractivity contribution in [1.82, 2.24) is 9.88 Å². The van der Waals surface area contributed by atoms with Crippen molar-refractivity contribution in [3.8, 4) is 0 Å². The first-order valence-corrected chi connectivity index (χ1v) is 4.39. The SMILES string of the molecule is Cc1cc(C)c(C(=O)N(C)C)c(N)n1. The second-order valence-electron chi connectivity index (χ2n) is 3.54. The highest BCUT2D eigenvalue weighted by Gasteiger charge is 2.15. The Hall–Kier alpha value is -1.58. The molecule has 0 bridgehead atoms. The predicted octanol–water partition coefficient (Wildman–Crippen LogP) is 0.982. The summed E-state index contributed by atoms with van der Waals surface area (Å²) in [5, 5.41) is 0. The number of aromatic nitrogens is 1. The van der Waals surface area contributed by atoms with E-state index >= 15 is 0 Å². The van der Waals surface area contributed by atoms with Gasteiger partial charge in [0.15, 0.2) is 0 Å². The fourth-order valence-electron chi connectivity index (χ4n) is 1.37. The zero-order valence-electron chi connectivity index (χ0n) is 8.96. The van der Waals surface area contributed by atoms with E-state index in [0.29, 0.717) is 11.4 Å². The van der Waals surface area contributed by atoms with Crippen LogP contribution in [-0.2, 0) is 0 Å². The summed E-state index contributed by atoms with van der Waals surface area (Å²) in [5.41, 5.74) is 7.90. The quantitative estimate of drug-likeness (QED) is 0.723. The Kier molecular flexibility index (Phi) is 2.74. The lowest BCUT2D eigenvalue weighted by Crippen LogP contribution is -2.24. The molecular weight excluding hydrogens is 178 g/mol. The van der Waals surface area contributed by atoms with Gasteiger partial charge in [0, 0.05) is 19.8 Å². The number of aryl methyl sites for hydroxylation is 2. The van der Waals surface area contributed by atoms with E-state index in [1.165, 1.54) is 4.90 Å². The molecule has 4 nitrogen and oxygen atoms in total. The van der Waals surface area contributed by atoms with Crippen LogP contribution in [0.2, 0.25) is 0 Å². The summed E-state index contributed by atoms with van der Waals surface area (Å²) >= 11 is 0. The summed E-state index contributed by atoms with van der Waals surface area (Å²) in [6.07, 6.45) is 0. The topological polar surface area (TPSA) is 59.2 Å². The van der Waals surface area contributed by atoms with Crippen LogP contribution in [0.25, 0.3) is 0 Å². The third kappa shape index (κ3) is 1.84. The number of pyridine rings is 1. The molecule has 0 aliphatic rings. The molecule has 0 spiro atoms. The molecule has 0 radical (unpaired) electrons. The van der Waals surface area contributed by atoms with Gasteiger partial charge in [0.25, 0.3) is 5.91 Å². The van der Waals surface area contributed by atoms with Crippen LogP contribution in [0.5, 0.6) is 0 Å². The molecule has 0 atom stereocenters. The maximum absolute atomic E-state index is 11.7. The largest absolute Gasteiger partial charge is 0.383 e. The Morgan fingerprint density at radius 2 is 2.00 bits per heavy atom. The first kappa shape index (κ1) is 10.5. The van der Waals surface area contributed by atoms with Crippen LogP contribution in [-0.4, -0.2) is 29.9 Å². The molecular formula is C10H15N3O. The van der Waals surface area contributed by atoms with Gasteiger partial charge in [-0.3, -0.25) is 4.79 Å². The van der Waals surface area contributed by atoms with Gasteiger partial charge in [-0.15, -0.1) is 0 Å². The lowest BCUT2D eigenvalue weighted by molar-refractivity contribution is 0.0827. The standard InChI is InChI=1S/C10H15N3O/c1-6-5-7(2)12-9(11)8(6)10(14)13(3)4/h5H,1-4H3,(H2,11,12). The lowest BCUT2D eigenvalue weighted by Gasteiger charge is -2.14. The van der Waals surface area contributed by atoms with Crippen molar-refractivity contribution < 1.29 is 4.79 Å². The normalized spacial score (nSPS) is 10.0. The Labute approximate surface area is 83.7 Å². The molecule has 0 aliphatic carbocycles. The number of hydrogen-bond donors (Lipinski definition) is 1. The fourth-order valence-corrected chi connectivity index (χ4v) is 1.37. The molecule has 14 heavy (non-hydrogen) atoms. The highest BCUT2D eigenvalue weighted by molar-refractivity contribution is 5.99. The van der Waals surface area contributed by atoms with Crippen molar-refractivity contribution in [3.05, 3.63) is 22.9 Å². The van der Waals surface area contributed by atoms with Gasteiger partial charge in [0.05, 0.1) is 5.56 Å². The van der Waals surface area contributed by atoms with Crippen LogP contribution in [0.4, 0.5) is 5.82 Å². The second kappa shape index (κ2) is 3.65. The zero-order chi connectivity index (χ0) is 10.9. The number of carbonyl (C=O) groups excluding carboxylic acids is 1. The molecule has 1 amide bonds. The first-order chi connectivity index (χ1) is 6.43. The van der Waals surface area contributed by atoms with Crippen LogP contribution in [0, 0.1) is 13.8 Å². The van der Waals surface area contributed by atoms with Crippen molar-refractivity contribution in [2.24, 2.45) is 0 Å². The molecule has 1 aromatic heterocycles. The van der Waals surface area contributed by atoms with Gasteiger partial charge >= 0.3 is 0 Å². The van der Waals surface area contributed by atoms with Crippen molar-refractivity contribution in [3.63, 3.8) is 0 Å². The van der Waals surface area contributed by atoms with Crippen molar-refractivity contribution >= 4 is 11.7 Å². The molecule has 0 saturated carbocycles. The summed E-state index contributed by atoms with van der Waals surface area (Å²) in [7, 11) is 3.39. The molecule has 1 heterocycles. The van der Waals surface area contributed by atoms with Crippen LogP contribution in [0.15, 0.2) is 6.07 Å². The maximum atomic E-state index is 11.7. The van der Waals surface area contributed by atoms with E-state index in [2.05, 4.69) is 4.98 Å². The number of nitrogen functional groups attached to an aromatic ring is 1. The zero-order valence-corrected chi connectivity index (χ0v) is 8.96. The molecule has 2 N–H and O–H groups in total. The van der Waals surface area contributed by atoms with Gasteiger partial charge in [0.1, 0.15) is 5.82 Å². The number of amides is 1. The molecule has 0 fully saturated rings. The van der Waals surface area contributed by atoms with E-state index in [4.69, 9.17) is 5.73 Å². The minimum absolute atomic E-state index is 0.104. The van der Waals surface area contributed by atoms with E-state index < -0.39 is 0 Å². The molecule has 0 unspecified atom stereocenters. The van der Waals surface area contributed by atoms with E-state index in [0.717, 1.165) is 11.3 Å². The molecule has 0 aliphatic heterocycles. The summed E-state index contributed by atoms with van der Waals surface area (Å²) in [4.78, 5) is 17.3. The number of nitrogens with two attached hydrogens (primary N) is 1. The average molecular weight is 193 g/mol. The summed E-state index contributed by atoms with van der Waals surface area (Å²) in [5.74, 6) is 0.203. The number of anilines is 1. The predicted molar refractivity (Wildman–Crippen MR) is 56.1 cm³/mol. The molecule has 0 saturated heterocycles. The maximum Gasteiger partial charge on any atom is 0.257 e. The van der Waals surface area contributed by atoms with Gasteiger partial charge in [-0.2, -0.15) is 0 Å². The van der Waals surface area contributed by atoms with Crippen LogP contribution < -0.4 is 5.73 Å². The van der Waals surface area contributed by atoms with Crippen molar-refractivity contribution in [2.45, 2.75) is 13.8 Å². The van der Waals surface area contributed by atoms with Crippen molar-refractivity contribution in [2.75, 3.05) is 19.8 Å². The fraction of sp³-hybridized carbons (Fsp3) is 0.400. The monoisotopic (exact) mass is 193 g/mol. The average Bonchev–Trinajstić information content (AvgIpc) is 2.01. The minimum Gasteiger partial charge on any atom is -0.383 e. The highest BCUT2D eigenvalue weighted by Crippen LogP contribution is 2.16. The number of nitrogens with zero attached hydrogens (tertiary/aromatic N) is 2. The number of carbonyl (C=O) groups is 1. The van der Waals surface area contributed by atoms with E-state index in [1.54, 1.807) is 14.1 Å². The number of hydrogen-bond acceptors (Lipinski definition) is 3. The molecule has 1 rings (SSSR count). The lowest BCUT2D eigenvalue weighted by atomic mass is 10.1. The number of rotatable bonds is 1. The van der Waals surface area contributed by atoms with Gasteiger partial charge < -0.3 is 10.6 Å². The Balaban J connectivity index is 3.28. The molecule has 1 aromatic rings. The van der Waals surface area contributed by atoms with E-state index in [-0.39, 0.29) is 5.91 Å². The van der Waals surface area contributed by atoms with E-state index in [1.807, 2.05) is 19.9 Å².